The molecule has 1 heterocycles. The van der Waals surface area contributed by atoms with Crippen molar-refractivity contribution in [2.45, 2.75) is 0 Å². The lowest BCUT2D eigenvalue weighted by molar-refractivity contribution is -0.132. The van der Waals surface area contributed by atoms with Crippen molar-refractivity contribution < 1.29 is 28.6 Å². The minimum Gasteiger partial charge on any atom is -0.477 e. The number of nitrogens with one attached hydrogen (secondary N) is 1. The number of rotatable bonds is 4. The van der Waals surface area contributed by atoms with Gasteiger partial charge < -0.3 is 19.9 Å². The summed E-state index contributed by atoms with van der Waals surface area (Å²) in [5.74, 6) is -1.37. The van der Waals surface area contributed by atoms with Crippen LogP contribution in [0, 0.1) is 5.82 Å². The van der Waals surface area contributed by atoms with Crippen molar-refractivity contribution in [2.24, 2.45) is 0 Å². The van der Waals surface area contributed by atoms with Crippen LogP contribution in [0.3, 0.4) is 0 Å². The van der Waals surface area contributed by atoms with E-state index in [4.69, 9.17) is 9.47 Å². The van der Waals surface area contributed by atoms with E-state index in [0.717, 1.165) is 12.1 Å². The Bertz CT molecular complexity index is 829. The van der Waals surface area contributed by atoms with Gasteiger partial charge in [-0.15, -0.1) is 0 Å². The summed E-state index contributed by atoms with van der Waals surface area (Å²) >= 11 is 0. The zero-order valence-electron chi connectivity index (χ0n) is 12.3. The molecule has 1 aliphatic heterocycles. The molecule has 1 aliphatic rings. The van der Waals surface area contributed by atoms with Crippen LogP contribution in [0.25, 0.3) is 6.08 Å². The summed E-state index contributed by atoms with van der Waals surface area (Å²) in [7, 11) is 0. The topological polar surface area (TPSA) is 84.9 Å². The predicted molar refractivity (Wildman–Crippen MR) is 82.0 cm³/mol. The highest BCUT2D eigenvalue weighted by Gasteiger charge is 2.16. The molecule has 0 bridgehead atoms. The van der Waals surface area contributed by atoms with Crippen LogP contribution < -0.4 is 14.8 Å². The number of ether oxygens (including phenoxy) is 2. The van der Waals surface area contributed by atoms with Gasteiger partial charge in [0.15, 0.2) is 11.5 Å². The highest BCUT2D eigenvalue weighted by atomic mass is 19.1. The van der Waals surface area contributed by atoms with E-state index in [1.54, 1.807) is 18.2 Å². The largest absolute Gasteiger partial charge is 0.477 e. The van der Waals surface area contributed by atoms with Crippen molar-refractivity contribution in [1.29, 1.82) is 0 Å². The summed E-state index contributed by atoms with van der Waals surface area (Å²) in [6.07, 6.45) is 1.30. The highest BCUT2D eigenvalue weighted by Crippen LogP contribution is 2.33. The lowest BCUT2D eigenvalue weighted by atomic mass is 10.1. The Balaban J connectivity index is 1.83. The van der Waals surface area contributed by atoms with E-state index in [1.165, 1.54) is 18.2 Å². The number of hydrogen-bond donors (Lipinski definition) is 2. The third-order valence-electron chi connectivity index (χ3n) is 3.29. The standard InChI is InChI=1S/C17H12FNO5/c18-12-4-2-11(3-5-12)16(20)19-13(17(21)22)7-10-1-6-14-15(8-10)24-9-23-14/h1-8H,9H2,(H,19,20)(H,21,22). The molecular formula is C17H12FNO5. The van der Waals surface area contributed by atoms with Crippen molar-refractivity contribution in [3.05, 3.63) is 65.1 Å². The van der Waals surface area contributed by atoms with E-state index in [0.29, 0.717) is 17.1 Å². The van der Waals surface area contributed by atoms with E-state index in [2.05, 4.69) is 5.32 Å². The van der Waals surface area contributed by atoms with Crippen molar-refractivity contribution in [1.82, 2.24) is 5.32 Å². The second-order valence-corrected chi connectivity index (χ2v) is 4.94. The van der Waals surface area contributed by atoms with Crippen molar-refractivity contribution in [3.63, 3.8) is 0 Å². The van der Waals surface area contributed by atoms with Gasteiger partial charge in [-0.1, -0.05) is 6.07 Å². The van der Waals surface area contributed by atoms with Crippen molar-refractivity contribution in [3.8, 4) is 11.5 Å². The molecule has 2 aromatic carbocycles. The van der Waals surface area contributed by atoms with Crippen LogP contribution in [0.1, 0.15) is 15.9 Å². The maximum atomic E-state index is 12.9. The first-order valence-electron chi connectivity index (χ1n) is 6.94. The molecule has 0 radical (unpaired) electrons. The van der Waals surface area contributed by atoms with Crippen molar-refractivity contribution in [2.75, 3.05) is 6.79 Å². The lowest BCUT2D eigenvalue weighted by Gasteiger charge is -2.07. The van der Waals surface area contributed by atoms with Gasteiger partial charge in [-0.2, -0.15) is 0 Å². The van der Waals surface area contributed by atoms with Crippen LogP contribution in [-0.4, -0.2) is 23.8 Å². The van der Waals surface area contributed by atoms with E-state index in [9.17, 15) is 19.1 Å². The smallest absolute Gasteiger partial charge is 0.352 e. The van der Waals surface area contributed by atoms with Gasteiger partial charge in [-0.25, -0.2) is 9.18 Å². The molecule has 0 saturated carbocycles. The third kappa shape index (κ3) is 3.35. The summed E-state index contributed by atoms with van der Waals surface area (Å²) in [6.45, 7) is 0.107. The van der Waals surface area contributed by atoms with Gasteiger partial charge in [-0.3, -0.25) is 4.79 Å². The second-order valence-electron chi connectivity index (χ2n) is 4.94. The van der Waals surface area contributed by atoms with Crippen molar-refractivity contribution >= 4 is 18.0 Å². The van der Waals surface area contributed by atoms with Gasteiger partial charge in [0, 0.05) is 5.56 Å². The molecule has 6 nitrogen and oxygen atoms in total. The Morgan fingerprint density at radius 3 is 2.50 bits per heavy atom. The number of hydrogen-bond acceptors (Lipinski definition) is 4. The minimum atomic E-state index is -1.30. The summed E-state index contributed by atoms with van der Waals surface area (Å²) in [5.41, 5.74) is 0.355. The van der Waals surface area contributed by atoms with Crippen LogP contribution in [0.5, 0.6) is 11.5 Å². The van der Waals surface area contributed by atoms with Gasteiger partial charge in [-0.05, 0) is 48.0 Å². The predicted octanol–water partition coefficient (Wildman–Crippen LogP) is 2.41. The number of carboxylic acids is 1. The first-order valence-corrected chi connectivity index (χ1v) is 6.94. The molecule has 0 unspecified atom stereocenters. The number of amides is 1. The number of halogens is 1. The van der Waals surface area contributed by atoms with E-state index >= 15 is 0 Å². The molecule has 2 aromatic rings. The summed E-state index contributed by atoms with van der Waals surface area (Å²) in [6, 6.07) is 9.68. The SMILES string of the molecule is O=C(O)C(=Cc1ccc2c(c1)OCO2)NC(=O)c1ccc(F)cc1. The quantitative estimate of drug-likeness (QED) is 0.842. The molecule has 0 aromatic heterocycles. The number of carbonyl (C=O) groups is 2. The summed E-state index contributed by atoms with van der Waals surface area (Å²) in [4.78, 5) is 23.4. The van der Waals surface area contributed by atoms with E-state index < -0.39 is 17.7 Å². The fraction of sp³-hybridized carbons (Fsp3) is 0.0588. The molecule has 0 fully saturated rings. The normalized spacial score (nSPS) is 12.8. The highest BCUT2D eigenvalue weighted by molar-refractivity contribution is 6.02. The Morgan fingerprint density at radius 2 is 1.79 bits per heavy atom. The molecular weight excluding hydrogens is 317 g/mol. The molecule has 3 rings (SSSR count). The van der Waals surface area contributed by atoms with Crippen LogP contribution in [0.4, 0.5) is 4.39 Å². The molecule has 24 heavy (non-hydrogen) atoms. The molecule has 0 atom stereocenters. The third-order valence-corrected chi connectivity index (χ3v) is 3.29. The van der Waals surface area contributed by atoms with Gasteiger partial charge in [0.05, 0.1) is 0 Å². The Labute approximate surface area is 136 Å². The van der Waals surface area contributed by atoms with Gasteiger partial charge in [0.1, 0.15) is 11.5 Å². The number of carboxylic acid groups (broad SMARTS) is 1. The number of benzene rings is 2. The Morgan fingerprint density at radius 1 is 1.08 bits per heavy atom. The summed E-state index contributed by atoms with van der Waals surface area (Å²) < 4.78 is 23.3. The van der Waals surface area contributed by atoms with Crippen LogP contribution in [0.15, 0.2) is 48.2 Å². The van der Waals surface area contributed by atoms with E-state index in [-0.39, 0.29) is 18.1 Å². The molecule has 7 heteroatoms. The van der Waals surface area contributed by atoms with Crippen LogP contribution in [-0.2, 0) is 4.79 Å². The molecule has 0 spiro atoms. The maximum absolute atomic E-state index is 12.9. The summed E-state index contributed by atoms with van der Waals surface area (Å²) in [5, 5.41) is 11.6. The lowest BCUT2D eigenvalue weighted by Crippen LogP contribution is -2.27. The Kier molecular flexibility index (Phi) is 4.15. The fourth-order valence-electron chi connectivity index (χ4n) is 2.12. The van der Waals surface area contributed by atoms with Gasteiger partial charge in [0.2, 0.25) is 6.79 Å². The monoisotopic (exact) mass is 329 g/mol. The molecule has 0 aliphatic carbocycles. The molecule has 0 saturated heterocycles. The second kappa shape index (κ2) is 6.41. The van der Waals surface area contributed by atoms with Crippen LogP contribution in [0.2, 0.25) is 0 Å². The molecule has 122 valence electrons. The zero-order valence-corrected chi connectivity index (χ0v) is 12.3. The minimum absolute atomic E-state index is 0.107. The average Bonchev–Trinajstić information content (AvgIpc) is 3.02. The Hall–Kier alpha value is -3.35. The fourth-order valence-corrected chi connectivity index (χ4v) is 2.12. The maximum Gasteiger partial charge on any atom is 0.352 e. The molecule has 2 N–H and O–H groups in total. The zero-order chi connectivity index (χ0) is 17.1. The van der Waals surface area contributed by atoms with Gasteiger partial charge in [0.25, 0.3) is 5.91 Å². The first kappa shape index (κ1) is 15.5. The number of carbonyl (C=O) groups excluding carboxylic acids is 1. The van der Waals surface area contributed by atoms with Crippen LogP contribution >= 0.6 is 0 Å². The number of aliphatic carboxylic acids is 1. The average molecular weight is 329 g/mol. The van der Waals surface area contributed by atoms with Gasteiger partial charge >= 0.3 is 5.97 Å². The first-order chi connectivity index (χ1) is 11.5. The molecule has 1 amide bonds. The van der Waals surface area contributed by atoms with E-state index in [1.807, 2.05) is 0 Å². The number of fused-ring (bicyclic) bond motifs is 1.